The minimum Gasteiger partial charge on any atom is -0.492 e. The molecule has 0 saturated heterocycles. The molecule has 0 aliphatic carbocycles. The number of imidazole rings is 1. The Morgan fingerprint density at radius 3 is 2.59 bits per heavy atom. The summed E-state index contributed by atoms with van der Waals surface area (Å²) in [7, 11) is 0. The van der Waals surface area contributed by atoms with Gasteiger partial charge in [-0.1, -0.05) is 51.8 Å². The summed E-state index contributed by atoms with van der Waals surface area (Å²) in [5.74, 6) is 1.77. The fourth-order valence-electron chi connectivity index (χ4n) is 3.08. The number of rotatable bonds is 5. The molecule has 4 aromatic rings. The molecule has 1 heterocycles. The van der Waals surface area contributed by atoms with Gasteiger partial charge in [0.1, 0.15) is 18.2 Å². The molecule has 0 unspecified atom stereocenters. The number of halogens is 2. The molecule has 4 rings (SSSR count). The number of ether oxygens (including phenoxy) is 1. The van der Waals surface area contributed by atoms with Gasteiger partial charge < -0.3 is 9.30 Å². The first-order valence-electron chi connectivity index (χ1n) is 8.72. The first-order chi connectivity index (χ1) is 13.1. The molecule has 0 bridgehead atoms. The van der Waals surface area contributed by atoms with E-state index in [-0.39, 0.29) is 0 Å². The number of hydrogen-bond donors (Lipinski definition) is 0. The lowest BCUT2D eigenvalue weighted by atomic mass is 10.2. The SMILES string of the molecule is Cc1cc(OCCn2c(-c3ccc(Br)cc3)nc3ccccc32)ccc1Cl. The number of para-hydroxylation sites is 2. The van der Waals surface area contributed by atoms with Gasteiger partial charge in [0.25, 0.3) is 0 Å². The monoisotopic (exact) mass is 440 g/mol. The first-order valence-corrected chi connectivity index (χ1v) is 9.89. The van der Waals surface area contributed by atoms with Crippen molar-refractivity contribution in [1.29, 1.82) is 0 Å². The molecule has 27 heavy (non-hydrogen) atoms. The van der Waals surface area contributed by atoms with Gasteiger partial charge >= 0.3 is 0 Å². The van der Waals surface area contributed by atoms with Crippen LogP contribution in [0, 0.1) is 6.92 Å². The molecule has 0 radical (unpaired) electrons. The van der Waals surface area contributed by atoms with E-state index in [1.54, 1.807) is 0 Å². The molecule has 0 amide bonds. The second-order valence-corrected chi connectivity index (χ2v) is 7.66. The number of hydrogen-bond acceptors (Lipinski definition) is 2. The Hall–Kier alpha value is -2.30. The van der Waals surface area contributed by atoms with Crippen molar-refractivity contribution in [2.75, 3.05) is 6.61 Å². The summed E-state index contributed by atoms with van der Waals surface area (Å²) >= 11 is 9.58. The van der Waals surface area contributed by atoms with Crippen molar-refractivity contribution in [1.82, 2.24) is 9.55 Å². The number of fused-ring (bicyclic) bond motifs is 1. The van der Waals surface area contributed by atoms with Crippen LogP contribution in [0.5, 0.6) is 5.75 Å². The fourth-order valence-corrected chi connectivity index (χ4v) is 3.46. The van der Waals surface area contributed by atoms with Gasteiger partial charge in [-0.25, -0.2) is 4.98 Å². The van der Waals surface area contributed by atoms with Gasteiger partial charge in [0.05, 0.1) is 17.6 Å². The van der Waals surface area contributed by atoms with E-state index in [2.05, 4.69) is 38.7 Å². The minimum absolute atomic E-state index is 0.547. The summed E-state index contributed by atoms with van der Waals surface area (Å²) < 4.78 is 9.22. The lowest BCUT2D eigenvalue weighted by Crippen LogP contribution is -2.09. The highest BCUT2D eigenvalue weighted by molar-refractivity contribution is 9.10. The predicted octanol–water partition coefficient (Wildman–Crippen LogP) is 6.51. The Morgan fingerprint density at radius 1 is 1.04 bits per heavy atom. The quantitative estimate of drug-likeness (QED) is 0.353. The van der Waals surface area contributed by atoms with Gasteiger partial charge in [0.15, 0.2) is 0 Å². The Kier molecular flexibility index (Phi) is 5.19. The first kappa shape index (κ1) is 18.1. The van der Waals surface area contributed by atoms with Crippen LogP contribution in [-0.2, 0) is 6.54 Å². The molecule has 3 nitrogen and oxygen atoms in total. The Bertz CT molecular complexity index is 1090. The van der Waals surface area contributed by atoms with E-state index in [1.165, 1.54) is 0 Å². The van der Waals surface area contributed by atoms with Crippen LogP contribution in [0.4, 0.5) is 0 Å². The average molecular weight is 442 g/mol. The van der Waals surface area contributed by atoms with Gasteiger partial charge in [-0.3, -0.25) is 0 Å². The molecule has 0 N–H and O–H groups in total. The third-order valence-corrected chi connectivity index (χ3v) is 5.42. The molecule has 0 saturated carbocycles. The number of aryl methyl sites for hydroxylation is 1. The zero-order valence-corrected chi connectivity index (χ0v) is 17.2. The zero-order chi connectivity index (χ0) is 18.8. The molecule has 0 aliphatic rings. The standard InChI is InChI=1S/C22H18BrClN2O/c1-15-14-18(10-11-19(15)24)27-13-12-26-21-5-3-2-4-20(21)25-22(26)16-6-8-17(23)9-7-16/h2-11,14H,12-13H2,1H3. The van der Waals surface area contributed by atoms with Gasteiger partial charge in [-0.15, -0.1) is 0 Å². The number of nitrogens with zero attached hydrogens (tertiary/aromatic N) is 2. The zero-order valence-electron chi connectivity index (χ0n) is 14.8. The molecular formula is C22H18BrClN2O. The van der Waals surface area contributed by atoms with Crippen molar-refractivity contribution in [2.45, 2.75) is 13.5 Å². The topological polar surface area (TPSA) is 27.1 Å². The molecule has 136 valence electrons. The van der Waals surface area contributed by atoms with Gasteiger partial charge in [0.2, 0.25) is 0 Å². The van der Waals surface area contributed by atoms with Crippen LogP contribution >= 0.6 is 27.5 Å². The Labute approximate surface area is 171 Å². The summed E-state index contributed by atoms with van der Waals surface area (Å²) in [6, 6.07) is 22.1. The summed E-state index contributed by atoms with van der Waals surface area (Å²) in [6.45, 7) is 3.22. The average Bonchev–Trinajstić information content (AvgIpc) is 3.04. The maximum Gasteiger partial charge on any atom is 0.141 e. The lowest BCUT2D eigenvalue weighted by molar-refractivity contribution is 0.300. The molecule has 0 fully saturated rings. The maximum absolute atomic E-state index is 6.09. The maximum atomic E-state index is 6.09. The summed E-state index contributed by atoms with van der Waals surface area (Å²) in [4.78, 5) is 4.84. The van der Waals surface area contributed by atoms with E-state index >= 15 is 0 Å². The lowest BCUT2D eigenvalue weighted by Gasteiger charge is -2.12. The van der Waals surface area contributed by atoms with E-state index in [4.69, 9.17) is 21.3 Å². The minimum atomic E-state index is 0.547. The summed E-state index contributed by atoms with van der Waals surface area (Å²) in [5.41, 5.74) is 4.18. The van der Waals surface area contributed by atoms with Crippen LogP contribution in [0.2, 0.25) is 5.02 Å². The second kappa shape index (κ2) is 7.75. The Balaban J connectivity index is 1.62. The van der Waals surface area contributed by atoms with Gasteiger partial charge in [-0.05, 0) is 55.0 Å². The van der Waals surface area contributed by atoms with Crippen LogP contribution < -0.4 is 4.74 Å². The van der Waals surface area contributed by atoms with Crippen molar-refractivity contribution in [2.24, 2.45) is 0 Å². The second-order valence-electron chi connectivity index (χ2n) is 6.34. The van der Waals surface area contributed by atoms with Crippen molar-refractivity contribution >= 4 is 38.6 Å². The summed E-state index contributed by atoms with van der Waals surface area (Å²) in [5, 5.41) is 0.750. The highest BCUT2D eigenvalue weighted by atomic mass is 79.9. The van der Waals surface area contributed by atoms with Crippen LogP contribution in [0.15, 0.2) is 71.2 Å². The van der Waals surface area contributed by atoms with Gasteiger partial charge in [0, 0.05) is 15.1 Å². The summed E-state index contributed by atoms with van der Waals surface area (Å²) in [6.07, 6.45) is 0. The third-order valence-electron chi connectivity index (χ3n) is 4.47. The Morgan fingerprint density at radius 2 is 1.81 bits per heavy atom. The number of aromatic nitrogens is 2. The van der Waals surface area contributed by atoms with Crippen molar-refractivity contribution in [3.63, 3.8) is 0 Å². The third kappa shape index (κ3) is 3.87. The van der Waals surface area contributed by atoms with Crippen molar-refractivity contribution < 1.29 is 4.74 Å². The molecule has 0 atom stereocenters. The molecular weight excluding hydrogens is 424 g/mol. The van der Waals surface area contributed by atoms with Crippen LogP contribution in [0.1, 0.15) is 5.56 Å². The van der Waals surface area contributed by atoms with E-state index in [9.17, 15) is 0 Å². The van der Waals surface area contributed by atoms with Crippen molar-refractivity contribution in [3.8, 4) is 17.1 Å². The molecule has 0 spiro atoms. The van der Waals surface area contributed by atoms with Crippen molar-refractivity contribution in [3.05, 3.63) is 81.8 Å². The molecule has 3 aromatic carbocycles. The smallest absolute Gasteiger partial charge is 0.141 e. The van der Waals surface area contributed by atoms with E-state index < -0.39 is 0 Å². The number of benzene rings is 3. The highest BCUT2D eigenvalue weighted by Crippen LogP contribution is 2.26. The van der Waals surface area contributed by atoms with E-state index in [0.29, 0.717) is 13.2 Å². The molecule has 5 heteroatoms. The van der Waals surface area contributed by atoms with Crippen LogP contribution in [-0.4, -0.2) is 16.2 Å². The highest BCUT2D eigenvalue weighted by Gasteiger charge is 2.12. The van der Waals surface area contributed by atoms with Crippen LogP contribution in [0.25, 0.3) is 22.4 Å². The predicted molar refractivity (Wildman–Crippen MR) is 115 cm³/mol. The van der Waals surface area contributed by atoms with Crippen LogP contribution in [0.3, 0.4) is 0 Å². The van der Waals surface area contributed by atoms with E-state index in [1.807, 2.05) is 55.5 Å². The fraction of sp³-hybridized carbons (Fsp3) is 0.136. The van der Waals surface area contributed by atoms with E-state index in [0.717, 1.165) is 43.2 Å². The normalized spacial score (nSPS) is 11.1. The van der Waals surface area contributed by atoms with Gasteiger partial charge in [-0.2, -0.15) is 0 Å². The molecule has 1 aromatic heterocycles. The molecule has 0 aliphatic heterocycles. The largest absolute Gasteiger partial charge is 0.492 e.